The van der Waals surface area contributed by atoms with Gasteiger partial charge in [-0.1, -0.05) is 13.0 Å². The Labute approximate surface area is 126 Å². The summed E-state index contributed by atoms with van der Waals surface area (Å²) in [5, 5.41) is 5.37. The minimum Gasteiger partial charge on any atom is -0.310 e. The molecule has 2 aromatic rings. The van der Waals surface area contributed by atoms with E-state index in [1.807, 2.05) is 24.4 Å². The van der Waals surface area contributed by atoms with E-state index in [2.05, 4.69) is 51.1 Å². The first-order valence-corrected chi connectivity index (χ1v) is 7.79. The number of hydrogen-bond donors (Lipinski definition) is 1. The molecule has 100 valence electrons. The molecular formula is C14H16BrN3S. The van der Waals surface area contributed by atoms with Crippen LogP contribution in [0.15, 0.2) is 51.2 Å². The second kappa shape index (κ2) is 7.03. The fourth-order valence-electron chi connectivity index (χ4n) is 1.76. The Hall–Kier alpha value is -0.910. The van der Waals surface area contributed by atoms with Crippen molar-refractivity contribution >= 4 is 27.7 Å². The van der Waals surface area contributed by atoms with Crippen molar-refractivity contribution in [3.05, 3.63) is 46.7 Å². The predicted octanol–water partition coefficient (Wildman–Crippen LogP) is 4.06. The van der Waals surface area contributed by atoms with Crippen molar-refractivity contribution in [1.29, 1.82) is 0 Å². The van der Waals surface area contributed by atoms with Crippen molar-refractivity contribution in [2.24, 2.45) is 0 Å². The summed E-state index contributed by atoms with van der Waals surface area (Å²) in [6, 6.07) is 8.36. The molecule has 0 bridgehead atoms. The maximum Gasteiger partial charge on any atom is 0.107 e. The maximum absolute atomic E-state index is 4.47. The largest absolute Gasteiger partial charge is 0.310 e. The lowest BCUT2D eigenvalue weighted by Gasteiger charge is -2.15. The Kier molecular flexibility index (Phi) is 5.36. The van der Waals surface area contributed by atoms with Gasteiger partial charge < -0.3 is 5.32 Å². The highest BCUT2D eigenvalue weighted by Crippen LogP contribution is 2.30. The molecule has 1 unspecified atom stereocenters. The van der Waals surface area contributed by atoms with Crippen LogP contribution in [0.25, 0.3) is 0 Å². The first-order valence-electron chi connectivity index (χ1n) is 6.18. The first-order chi connectivity index (χ1) is 9.20. The van der Waals surface area contributed by atoms with Crippen LogP contribution >= 0.6 is 27.7 Å². The SMILES string of the molecule is CCNC(C)c1cccnc1Sc1ccc(Br)cn1. The Balaban J connectivity index is 2.22. The monoisotopic (exact) mass is 337 g/mol. The van der Waals surface area contributed by atoms with E-state index < -0.39 is 0 Å². The van der Waals surface area contributed by atoms with Gasteiger partial charge in [0.2, 0.25) is 0 Å². The van der Waals surface area contributed by atoms with Crippen LogP contribution in [0.3, 0.4) is 0 Å². The van der Waals surface area contributed by atoms with Crippen LogP contribution in [0, 0.1) is 0 Å². The maximum atomic E-state index is 4.47. The van der Waals surface area contributed by atoms with Crippen LogP contribution in [0.1, 0.15) is 25.5 Å². The third-order valence-electron chi connectivity index (χ3n) is 2.68. The highest BCUT2D eigenvalue weighted by atomic mass is 79.9. The van der Waals surface area contributed by atoms with Crippen molar-refractivity contribution in [1.82, 2.24) is 15.3 Å². The topological polar surface area (TPSA) is 37.8 Å². The first kappa shape index (κ1) is 14.5. The molecule has 0 aliphatic heterocycles. The van der Waals surface area contributed by atoms with E-state index in [0.29, 0.717) is 0 Å². The summed E-state index contributed by atoms with van der Waals surface area (Å²) < 4.78 is 0.985. The van der Waals surface area contributed by atoms with Crippen molar-refractivity contribution < 1.29 is 0 Å². The molecule has 0 spiro atoms. The minimum absolute atomic E-state index is 0.289. The minimum atomic E-state index is 0.289. The molecule has 0 aliphatic rings. The summed E-state index contributed by atoms with van der Waals surface area (Å²) >= 11 is 4.99. The summed E-state index contributed by atoms with van der Waals surface area (Å²) in [5.74, 6) is 0. The number of nitrogens with one attached hydrogen (secondary N) is 1. The zero-order chi connectivity index (χ0) is 13.7. The number of pyridine rings is 2. The predicted molar refractivity (Wildman–Crippen MR) is 82.4 cm³/mol. The van der Waals surface area contributed by atoms with Crippen molar-refractivity contribution in [3.8, 4) is 0 Å². The molecule has 0 fully saturated rings. The van der Waals surface area contributed by atoms with Crippen LogP contribution in [-0.2, 0) is 0 Å². The lowest BCUT2D eigenvalue weighted by molar-refractivity contribution is 0.585. The van der Waals surface area contributed by atoms with E-state index >= 15 is 0 Å². The Morgan fingerprint density at radius 1 is 1.32 bits per heavy atom. The van der Waals surface area contributed by atoms with E-state index in [-0.39, 0.29) is 6.04 Å². The van der Waals surface area contributed by atoms with Gasteiger partial charge in [-0.2, -0.15) is 0 Å². The molecule has 0 aromatic carbocycles. The molecule has 2 aromatic heterocycles. The Bertz CT molecular complexity index is 530. The fraction of sp³-hybridized carbons (Fsp3) is 0.286. The van der Waals surface area contributed by atoms with E-state index in [9.17, 15) is 0 Å². The molecule has 1 N–H and O–H groups in total. The van der Waals surface area contributed by atoms with Gasteiger partial charge in [-0.05, 0) is 59.4 Å². The molecule has 19 heavy (non-hydrogen) atoms. The summed E-state index contributed by atoms with van der Waals surface area (Å²) in [6.45, 7) is 5.20. The molecular weight excluding hydrogens is 322 g/mol. The van der Waals surface area contributed by atoms with E-state index in [1.54, 1.807) is 18.0 Å². The molecule has 2 heterocycles. The molecule has 0 saturated heterocycles. The second-order valence-electron chi connectivity index (χ2n) is 4.09. The summed E-state index contributed by atoms with van der Waals surface area (Å²) in [7, 11) is 0. The van der Waals surface area contributed by atoms with Crippen LogP contribution in [0.5, 0.6) is 0 Å². The standard InChI is InChI=1S/C14H16BrN3S/c1-3-16-10(2)12-5-4-8-17-14(12)19-13-7-6-11(15)9-18-13/h4-10,16H,3H2,1-2H3. The van der Waals surface area contributed by atoms with Crippen molar-refractivity contribution in [3.63, 3.8) is 0 Å². The van der Waals surface area contributed by atoms with Gasteiger partial charge >= 0.3 is 0 Å². The zero-order valence-corrected chi connectivity index (χ0v) is 13.3. The van der Waals surface area contributed by atoms with Gasteiger partial charge in [0.15, 0.2) is 0 Å². The number of rotatable bonds is 5. The van der Waals surface area contributed by atoms with Gasteiger partial charge in [0.25, 0.3) is 0 Å². The Morgan fingerprint density at radius 2 is 2.16 bits per heavy atom. The zero-order valence-electron chi connectivity index (χ0n) is 10.9. The summed E-state index contributed by atoms with van der Waals surface area (Å²) in [6.07, 6.45) is 3.63. The number of nitrogens with zero attached hydrogens (tertiary/aromatic N) is 2. The Morgan fingerprint density at radius 3 is 2.84 bits per heavy atom. The molecule has 2 rings (SSSR count). The normalized spacial score (nSPS) is 12.4. The molecule has 0 saturated carbocycles. The summed E-state index contributed by atoms with van der Waals surface area (Å²) in [5.41, 5.74) is 1.21. The molecule has 3 nitrogen and oxygen atoms in total. The smallest absolute Gasteiger partial charge is 0.107 e. The van der Waals surface area contributed by atoms with E-state index in [4.69, 9.17) is 0 Å². The van der Waals surface area contributed by atoms with Gasteiger partial charge in [0.05, 0.1) is 0 Å². The van der Waals surface area contributed by atoms with E-state index in [1.165, 1.54) is 5.56 Å². The van der Waals surface area contributed by atoms with Crippen molar-refractivity contribution in [2.45, 2.75) is 29.9 Å². The van der Waals surface area contributed by atoms with Crippen LogP contribution < -0.4 is 5.32 Å². The van der Waals surface area contributed by atoms with Crippen LogP contribution in [0.4, 0.5) is 0 Å². The molecule has 0 radical (unpaired) electrons. The number of halogens is 1. The van der Waals surface area contributed by atoms with Crippen LogP contribution in [-0.4, -0.2) is 16.5 Å². The summed E-state index contributed by atoms with van der Waals surface area (Å²) in [4.78, 5) is 8.85. The average molecular weight is 338 g/mol. The van der Waals surface area contributed by atoms with Gasteiger partial charge in [0.1, 0.15) is 10.1 Å². The van der Waals surface area contributed by atoms with Gasteiger partial charge in [-0.25, -0.2) is 9.97 Å². The van der Waals surface area contributed by atoms with Crippen molar-refractivity contribution in [2.75, 3.05) is 6.54 Å². The molecule has 1 atom stereocenters. The number of aromatic nitrogens is 2. The average Bonchev–Trinajstić information content (AvgIpc) is 2.42. The quantitative estimate of drug-likeness (QED) is 0.892. The second-order valence-corrected chi connectivity index (χ2v) is 6.02. The highest BCUT2D eigenvalue weighted by Gasteiger charge is 2.11. The lowest BCUT2D eigenvalue weighted by atomic mass is 10.1. The fourth-order valence-corrected chi connectivity index (χ4v) is 2.91. The molecule has 5 heteroatoms. The lowest BCUT2D eigenvalue weighted by Crippen LogP contribution is -2.18. The number of hydrogen-bond acceptors (Lipinski definition) is 4. The van der Waals surface area contributed by atoms with Gasteiger partial charge in [-0.3, -0.25) is 0 Å². The molecule has 0 aliphatic carbocycles. The third-order valence-corrected chi connectivity index (χ3v) is 4.13. The van der Waals surface area contributed by atoms with Crippen LogP contribution in [0.2, 0.25) is 0 Å². The van der Waals surface area contributed by atoms with Gasteiger partial charge in [0, 0.05) is 28.5 Å². The third kappa shape index (κ3) is 4.03. The van der Waals surface area contributed by atoms with E-state index in [0.717, 1.165) is 21.1 Å². The molecule has 0 amide bonds. The highest BCUT2D eigenvalue weighted by molar-refractivity contribution is 9.10. The van der Waals surface area contributed by atoms with Gasteiger partial charge in [-0.15, -0.1) is 0 Å².